The average molecular weight is 161 g/mol. The van der Waals surface area contributed by atoms with Gasteiger partial charge in [-0.2, -0.15) is 5.10 Å². The summed E-state index contributed by atoms with van der Waals surface area (Å²) in [5, 5.41) is 8.24. The second-order valence-electron chi connectivity index (χ2n) is 2.88. The lowest BCUT2D eigenvalue weighted by atomic mass is 10.1. The zero-order valence-electron chi connectivity index (χ0n) is 6.96. The van der Waals surface area contributed by atoms with E-state index < -0.39 is 0 Å². The number of rotatable bonds is 1. The van der Waals surface area contributed by atoms with Crippen molar-refractivity contribution in [2.24, 2.45) is 5.73 Å². The monoisotopic (exact) mass is 161 g/mol. The normalized spacial score (nSPS) is 10.8. The number of hydrogen-bond donors (Lipinski definition) is 2. The summed E-state index contributed by atoms with van der Waals surface area (Å²) >= 11 is 0. The number of nitrogens with two attached hydrogens (primary N) is 1. The summed E-state index contributed by atoms with van der Waals surface area (Å²) in [6.45, 7) is 2.58. The molecule has 1 heterocycles. The first-order valence-corrected chi connectivity index (χ1v) is 3.95. The molecule has 0 atom stereocenters. The molecule has 2 rings (SSSR count). The highest BCUT2D eigenvalue weighted by Gasteiger charge is 2.04. The maximum atomic E-state index is 5.56. The molecule has 0 aliphatic heterocycles. The van der Waals surface area contributed by atoms with Gasteiger partial charge in [-0.3, -0.25) is 5.10 Å². The van der Waals surface area contributed by atoms with E-state index in [1.54, 1.807) is 0 Å². The van der Waals surface area contributed by atoms with Gasteiger partial charge in [0.1, 0.15) is 0 Å². The highest BCUT2D eigenvalue weighted by atomic mass is 15.1. The number of H-pyrrole nitrogens is 1. The Labute approximate surface area is 70.6 Å². The molecule has 62 valence electrons. The number of benzene rings is 1. The fraction of sp³-hybridized carbons (Fsp3) is 0.222. The molecule has 0 spiro atoms. The van der Waals surface area contributed by atoms with Crippen LogP contribution in [-0.4, -0.2) is 10.2 Å². The number of aryl methyl sites for hydroxylation is 1. The third-order valence-corrected chi connectivity index (χ3v) is 2.07. The maximum absolute atomic E-state index is 5.56. The molecular weight excluding hydrogens is 150 g/mol. The number of fused-ring (bicyclic) bond motifs is 1. The standard InChI is InChI=1S/C9H11N3/c1-6-3-2-4-7-9(6)8(5-10)12-11-7/h2-4H,5,10H2,1H3,(H,11,12). The third kappa shape index (κ3) is 0.905. The third-order valence-electron chi connectivity index (χ3n) is 2.07. The van der Waals surface area contributed by atoms with Crippen molar-refractivity contribution in [1.82, 2.24) is 10.2 Å². The molecule has 0 amide bonds. The molecule has 0 bridgehead atoms. The van der Waals surface area contributed by atoms with E-state index in [4.69, 9.17) is 5.73 Å². The average Bonchev–Trinajstić information content (AvgIpc) is 2.49. The van der Waals surface area contributed by atoms with Gasteiger partial charge in [-0.1, -0.05) is 12.1 Å². The largest absolute Gasteiger partial charge is 0.325 e. The molecular formula is C9H11N3. The minimum Gasteiger partial charge on any atom is -0.325 e. The molecule has 1 aromatic heterocycles. The van der Waals surface area contributed by atoms with Gasteiger partial charge in [0, 0.05) is 11.9 Å². The van der Waals surface area contributed by atoms with E-state index in [2.05, 4.69) is 23.2 Å². The van der Waals surface area contributed by atoms with E-state index in [0.29, 0.717) is 6.54 Å². The number of aromatic nitrogens is 2. The van der Waals surface area contributed by atoms with Gasteiger partial charge in [0.15, 0.2) is 0 Å². The van der Waals surface area contributed by atoms with Crippen LogP contribution in [-0.2, 0) is 6.54 Å². The molecule has 0 fully saturated rings. The Morgan fingerprint density at radius 1 is 1.50 bits per heavy atom. The minimum absolute atomic E-state index is 0.515. The second kappa shape index (κ2) is 2.60. The minimum atomic E-state index is 0.515. The second-order valence-corrected chi connectivity index (χ2v) is 2.88. The van der Waals surface area contributed by atoms with Crippen molar-refractivity contribution in [3.05, 3.63) is 29.5 Å². The molecule has 1 aromatic carbocycles. The van der Waals surface area contributed by atoms with Crippen LogP contribution >= 0.6 is 0 Å². The first-order chi connectivity index (χ1) is 5.83. The van der Waals surface area contributed by atoms with Crippen LogP contribution in [0.15, 0.2) is 18.2 Å². The molecule has 2 aromatic rings. The highest BCUT2D eigenvalue weighted by molar-refractivity contribution is 5.84. The molecule has 3 nitrogen and oxygen atoms in total. The lowest BCUT2D eigenvalue weighted by molar-refractivity contribution is 0.958. The highest BCUT2D eigenvalue weighted by Crippen LogP contribution is 2.18. The van der Waals surface area contributed by atoms with Gasteiger partial charge in [0.05, 0.1) is 11.2 Å². The van der Waals surface area contributed by atoms with Crippen molar-refractivity contribution in [2.45, 2.75) is 13.5 Å². The van der Waals surface area contributed by atoms with Gasteiger partial charge in [-0.05, 0) is 18.6 Å². The van der Waals surface area contributed by atoms with Crippen molar-refractivity contribution in [3.63, 3.8) is 0 Å². The van der Waals surface area contributed by atoms with Crippen LogP contribution in [0, 0.1) is 6.92 Å². The van der Waals surface area contributed by atoms with Gasteiger partial charge >= 0.3 is 0 Å². The van der Waals surface area contributed by atoms with Crippen LogP contribution in [0.5, 0.6) is 0 Å². The van der Waals surface area contributed by atoms with Crippen molar-refractivity contribution in [1.29, 1.82) is 0 Å². The van der Waals surface area contributed by atoms with E-state index in [1.165, 1.54) is 10.9 Å². The Morgan fingerprint density at radius 2 is 2.33 bits per heavy atom. The van der Waals surface area contributed by atoms with E-state index >= 15 is 0 Å². The number of aromatic amines is 1. The van der Waals surface area contributed by atoms with Gasteiger partial charge in [0.2, 0.25) is 0 Å². The van der Waals surface area contributed by atoms with Gasteiger partial charge in [0.25, 0.3) is 0 Å². The number of hydrogen-bond acceptors (Lipinski definition) is 2. The smallest absolute Gasteiger partial charge is 0.0926 e. The Kier molecular flexibility index (Phi) is 1.59. The van der Waals surface area contributed by atoms with Crippen LogP contribution in [0.2, 0.25) is 0 Å². The zero-order chi connectivity index (χ0) is 8.55. The fourth-order valence-corrected chi connectivity index (χ4v) is 1.47. The van der Waals surface area contributed by atoms with Crippen molar-refractivity contribution in [2.75, 3.05) is 0 Å². The van der Waals surface area contributed by atoms with Crippen LogP contribution in [0.4, 0.5) is 0 Å². The molecule has 3 heteroatoms. The summed E-state index contributed by atoms with van der Waals surface area (Å²) in [6.07, 6.45) is 0. The van der Waals surface area contributed by atoms with Crippen LogP contribution in [0.1, 0.15) is 11.3 Å². The van der Waals surface area contributed by atoms with Crippen molar-refractivity contribution >= 4 is 10.9 Å². The Morgan fingerprint density at radius 3 is 3.08 bits per heavy atom. The zero-order valence-corrected chi connectivity index (χ0v) is 6.96. The number of nitrogens with zero attached hydrogens (tertiary/aromatic N) is 1. The molecule has 3 N–H and O–H groups in total. The summed E-state index contributed by atoms with van der Waals surface area (Å²) in [5.41, 5.74) is 8.79. The fourth-order valence-electron chi connectivity index (χ4n) is 1.47. The molecule has 0 saturated carbocycles. The maximum Gasteiger partial charge on any atom is 0.0926 e. The van der Waals surface area contributed by atoms with Gasteiger partial charge in [-0.25, -0.2) is 0 Å². The van der Waals surface area contributed by atoms with Crippen LogP contribution in [0.3, 0.4) is 0 Å². The Bertz CT molecular complexity index is 403. The summed E-state index contributed by atoms with van der Waals surface area (Å²) in [7, 11) is 0. The molecule has 12 heavy (non-hydrogen) atoms. The lowest BCUT2D eigenvalue weighted by Gasteiger charge is -1.96. The summed E-state index contributed by atoms with van der Waals surface area (Å²) in [6, 6.07) is 6.05. The first kappa shape index (κ1) is 7.31. The van der Waals surface area contributed by atoms with Crippen molar-refractivity contribution in [3.8, 4) is 0 Å². The SMILES string of the molecule is Cc1cccc2n[nH]c(CN)c12. The molecule has 0 unspecified atom stereocenters. The summed E-state index contributed by atoms with van der Waals surface area (Å²) in [5.74, 6) is 0. The van der Waals surface area contributed by atoms with E-state index in [-0.39, 0.29) is 0 Å². The summed E-state index contributed by atoms with van der Waals surface area (Å²) < 4.78 is 0. The van der Waals surface area contributed by atoms with Crippen molar-refractivity contribution < 1.29 is 0 Å². The predicted molar refractivity (Wildman–Crippen MR) is 48.7 cm³/mol. The molecule has 0 aliphatic rings. The lowest BCUT2D eigenvalue weighted by Crippen LogP contribution is -1.97. The van der Waals surface area contributed by atoms with Gasteiger partial charge < -0.3 is 5.73 Å². The summed E-state index contributed by atoms with van der Waals surface area (Å²) in [4.78, 5) is 0. The predicted octanol–water partition coefficient (Wildman–Crippen LogP) is 1.33. The number of nitrogens with one attached hydrogen (secondary N) is 1. The topological polar surface area (TPSA) is 54.7 Å². The van der Waals surface area contributed by atoms with Crippen LogP contribution < -0.4 is 5.73 Å². The quantitative estimate of drug-likeness (QED) is 0.663. The molecule has 0 saturated heterocycles. The van der Waals surface area contributed by atoms with E-state index in [0.717, 1.165) is 11.2 Å². The first-order valence-electron chi connectivity index (χ1n) is 3.95. The Balaban J connectivity index is 2.83. The van der Waals surface area contributed by atoms with E-state index in [9.17, 15) is 0 Å². The Hall–Kier alpha value is -1.35. The van der Waals surface area contributed by atoms with E-state index in [1.807, 2.05) is 12.1 Å². The van der Waals surface area contributed by atoms with Gasteiger partial charge in [-0.15, -0.1) is 0 Å². The molecule has 0 radical (unpaired) electrons. The molecule has 0 aliphatic carbocycles. The van der Waals surface area contributed by atoms with Crippen LogP contribution in [0.25, 0.3) is 10.9 Å².